The summed E-state index contributed by atoms with van der Waals surface area (Å²) in [5.74, 6) is 0.932. The lowest BCUT2D eigenvalue weighted by atomic mass is 9.97. The summed E-state index contributed by atoms with van der Waals surface area (Å²) in [5, 5.41) is 0. The number of hydrogen-bond acceptors (Lipinski definition) is 3. The van der Waals surface area contributed by atoms with Gasteiger partial charge in [-0.2, -0.15) is 0 Å². The van der Waals surface area contributed by atoms with Gasteiger partial charge in [-0.1, -0.05) is 43.3 Å². The van der Waals surface area contributed by atoms with E-state index in [4.69, 9.17) is 4.74 Å². The summed E-state index contributed by atoms with van der Waals surface area (Å²) in [6, 6.07) is 15.9. The van der Waals surface area contributed by atoms with Gasteiger partial charge in [-0.05, 0) is 35.7 Å². The van der Waals surface area contributed by atoms with E-state index in [0.29, 0.717) is 32.7 Å². The molecule has 1 aliphatic heterocycles. The topological polar surface area (TPSA) is 49.9 Å². The van der Waals surface area contributed by atoms with Crippen molar-refractivity contribution >= 4 is 12.3 Å². The first-order valence-corrected chi connectivity index (χ1v) is 9.38. The van der Waals surface area contributed by atoms with Gasteiger partial charge in [-0.15, -0.1) is 0 Å². The molecule has 2 aromatic carbocycles. The minimum absolute atomic E-state index is 0.116. The Morgan fingerprint density at radius 2 is 1.96 bits per heavy atom. The average molecular weight is 366 g/mol. The Labute approximate surface area is 160 Å². The molecule has 142 valence electrons. The van der Waals surface area contributed by atoms with Crippen LogP contribution in [0.5, 0.6) is 5.75 Å². The fourth-order valence-electron chi connectivity index (χ4n) is 3.50. The van der Waals surface area contributed by atoms with Gasteiger partial charge in [-0.3, -0.25) is 9.59 Å². The number of ether oxygens (including phenoxy) is 1. The molecule has 1 atom stereocenters. The summed E-state index contributed by atoms with van der Waals surface area (Å²) in [5.41, 5.74) is 3.23. The highest BCUT2D eigenvalue weighted by molar-refractivity contribution is 5.76. The predicted molar refractivity (Wildman–Crippen MR) is 104 cm³/mol. The molecule has 0 saturated carbocycles. The van der Waals surface area contributed by atoms with E-state index < -0.39 is 0 Å². The van der Waals surface area contributed by atoms with E-state index in [1.54, 1.807) is 4.90 Å². The van der Waals surface area contributed by atoms with Gasteiger partial charge in [0.15, 0.2) is 0 Å². The van der Waals surface area contributed by atoms with E-state index in [1.807, 2.05) is 67.3 Å². The molecule has 5 nitrogen and oxygen atoms in total. The second-order valence-electron chi connectivity index (χ2n) is 6.85. The molecule has 0 aliphatic carbocycles. The van der Waals surface area contributed by atoms with E-state index in [1.165, 1.54) is 0 Å². The normalized spacial score (nSPS) is 16.9. The van der Waals surface area contributed by atoms with Crippen molar-refractivity contribution in [2.24, 2.45) is 0 Å². The van der Waals surface area contributed by atoms with Crippen LogP contribution in [0, 0.1) is 6.92 Å². The van der Waals surface area contributed by atoms with E-state index in [9.17, 15) is 9.59 Å². The van der Waals surface area contributed by atoms with Crippen LogP contribution in [0.2, 0.25) is 0 Å². The van der Waals surface area contributed by atoms with Crippen molar-refractivity contribution in [2.75, 3.05) is 19.6 Å². The van der Waals surface area contributed by atoms with Gasteiger partial charge >= 0.3 is 0 Å². The number of benzene rings is 2. The van der Waals surface area contributed by atoms with Gasteiger partial charge in [0.2, 0.25) is 12.3 Å². The molecule has 0 N–H and O–H groups in total. The molecular formula is C22H26N2O3. The number of carbonyl (C=O) groups excluding carboxylic acids is 2. The smallest absolute Gasteiger partial charge is 0.222 e. The molecule has 2 amide bonds. The molecule has 1 aliphatic rings. The van der Waals surface area contributed by atoms with E-state index in [2.05, 4.69) is 0 Å². The maximum atomic E-state index is 12.1. The van der Waals surface area contributed by atoms with Crippen LogP contribution in [0.25, 0.3) is 0 Å². The third-order valence-corrected chi connectivity index (χ3v) is 5.06. The maximum absolute atomic E-state index is 12.1. The first kappa shape index (κ1) is 19.0. The molecule has 1 fully saturated rings. The van der Waals surface area contributed by atoms with Crippen LogP contribution in [-0.2, 0) is 16.2 Å². The monoisotopic (exact) mass is 366 g/mol. The molecule has 0 bridgehead atoms. The second-order valence-corrected chi connectivity index (χ2v) is 6.85. The van der Waals surface area contributed by atoms with Crippen molar-refractivity contribution in [3.05, 3.63) is 65.2 Å². The van der Waals surface area contributed by atoms with Crippen molar-refractivity contribution in [1.29, 1.82) is 0 Å². The fourth-order valence-corrected chi connectivity index (χ4v) is 3.50. The zero-order valence-electron chi connectivity index (χ0n) is 15.9. The lowest BCUT2D eigenvalue weighted by molar-refractivity contribution is -0.137. The van der Waals surface area contributed by atoms with Crippen LogP contribution in [0.1, 0.15) is 36.1 Å². The number of aryl methyl sites for hydroxylation is 1. The van der Waals surface area contributed by atoms with Gasteiger partial charge in [-0.25, -0.2) is 0 Å². The summed E-state index contributed by atoms with van der Waals surface area (Å²) in [6.45, 7) is 6.10. The van der Waals surface area contributed by atoms with Crippen LogP contribution < -0.4 is 4.74 Å². The molecule has 5 heteroatoms. The molecule has 0 spiro atoms. The Balaban J connectivity index is 1.74. The van der Waals surface area contributed by atoms with Crippen LogP contribution in [0.15, 0.2) is 48.5 Å². The molecular weight excluding hydrogens is 340 g/mol. The number of carbonyl (C=O) groups is 2. The number of rotatable bonds is 6. The van der Waals surface area contributed by atoms with Gasteiger partial charge in [0.05, 0.1) is 6.04 Å². The van der Waals surface area contributed by atoms with Crippen molar-refractivity contribution in [1.82, 2.24) is 9.80 Å². The average Bonchev–Trinajstić information content (AvgIpc) is 2.72. The van der Waals surface area contributed by atoms with Gasteiger partial charge in [0, 0.05) is 26.1 Å². The van der Waals surface area contributed by atoms with E-state index in [-0.39, 0.29) is 11.9 Å². The lowest BCUT2D eigenvalue weighted by Crippen LogP contribution is -2.49. The Morgan fingerprint density at radius 1 is 1.19 bits per heavy atom. The summed E-state index contributed by atoms with van der Waals surface area (Å²) in [4.78, 5) is 27.3. The fraction of sp³-hybridized carbons (Fsp3) is 0.364. The van der Waals surface area contributed by atoms with Crippen LogP contribution in [0.3, 0.4) is 0 Å². The number of amides is 2. The van der Waals surface area contributed by atoms with Crippen molar-refractivity contribution < 1.29 is 14.3 Å². The van der Waals surface area contributed by atoms with Crippen LogP contribution >= 0.6 is 0 Å². The predicted octanol–water partition coefficient (Wildman–Crippen LogP) is 3.33. The standard InChI is InChI=1S/C22H26N2O3/c1-3-22(26)23-11-12-24(16-25)21(14-23)20-10-9-19(13-17(20)2)27-15-18-7-5-4-6-8-18/h4-10,13,16,21H,3,11-12,14-15H2,1-2H3. The van der Waals surface area contributed by atoms with Crippen molar-refractivity contribution in [2.45, 2.75) is 32.9 Å². The zero-order valence-corrected chi connectivity index (χ0v) is 15.9. The van der Waals surface area contributed by atoms with Crippen molar-refractivity contribution in [3.63, 3.8) is 0 Å². The summed E-state index contributed by atoms with van der Waals surface area (Å²) < 4.78 is 5.90. The highest BCUT2D eigenvalue weighted by Crippen LogP contribution is 2.29. The molecule has 0 radical (unpaired) electrons. The highest BCUT2D eigenvalue weighted by atomic mass is 16.5. The second kappa shape index (κ2) is 8.71. The molecule has 1 heterocycles. The third kappa shape index (κ3) is 4.48. The quantitative estimate of drug-likeness (QED) is 0.737. The molecule has 2 aromatic rings. The lowest BCUT2D eigenvalue weighted by Gasteiger charge is -2.40. The summed E-state index contributed by atoms with van der Waals surface area (Å²) in [6.07, 6.45) is 1.37. The zero-order chi connectivity index (χ0) is 19.2. The number of nitrogens with zero attached hydrogens (tertiary/aromatic N) is 2. The van der Waals surface area contributed by atoms with Crippen LogP contribution in [0.4, 0.5) is 0 Å². The summed E-state index contributed by atoms with van der Waals surface area (Å²) in [7, 11) is 0. The number of hydrogen-bond donors (Lipinski definition) is 0. The van der Waals surface area contributed by atoms with Crippen molar-refractivity contribution in [3.8, 4) is 5.75 Å². The first-order valence-electron chi connectivity index (χ1n) is 9.38. The maximum Gasteiger partial charge on any atom is 0.222 e. The largest absolute Gasteiger partial charge is 0.489 e. The number of piperazine rings is 1. The third-order valence-electron chi connectivity index (χ3n) is 5.06. The first-order chi connectivity index (χ1) is 13.1. The van der Waals surface area contributed by atoms with Gasteiger partial charge in [0.25, 0.3) is 0 Å². The minimum Gasteiger partial charge on any atom is -0.489 e. The Hall–Kier alpha value is -2.82. The molecule has 3 rings (SSSR count). The Morgan fingerprint density at radius 3 is 2.63 bits per heavy atom. The SMILES string of the molecule is CCC(=O)N1CCN(C=O)C(c2ccc(OCc3ccccc3)cc2C)C1. The summed E-state index contributed by atoms with van der Waals surface area (Å²) >= 11 is 0. The van der Waals surface area contributed by atoms with E-state index >= 15 is 0 Å². The molecule has 1 unspecified atom stereocenters. The Bertz CT molecular complexity index is 791. The molecule has 0 aromatic heterocycles. The van der Waals surface area contributed by atoms with Crippen LogP contribution in [-0.4, -0.2) is 41.8 Å². The van der Waals surface area contributed by atoms with Gasteiger partial charge < -0.3 is 14.5 Å². The molecule has 1 saturated heterocycles. The van der Waals surface area contributed by atoms with E-state index in [0.717, 1.165) is 28.8 Å². The molecule has 27 heavy (non-hydrogen) atoms. The minimum atomic E-state index is -0.116. The highest BCUT2D eigenvalue weighted by Gasteiger charge is 2.30. The van der Waals surface area contributed by atoms with Gasteiger partial charge in [0.1, 0.15) is 12.4 Å². The Kier molecular flexibility index (Phi) is 6.12.